The summed E-state index contributed by atoms with van der Waals surface area (Å²) in [4.78, 5) is 45.3. The van der Waals surface area contributed by atoms with Crippen molar-refractivity contribution in [3.05, 3.63) is 52.5 Å². The summed E-state index contributed by atoms with van der Waals surface area (Å²) in [6.45, 7) is 2.32. The van der Waals surface area contributed by atoms with Crippen molar-refractivity contribution < 1.29 is 14.4 Å². The number of nitrogens with zero attached hydrogens (tertiary/aromatic N) is 2. The van der Waals surface area contributed by atoms with E-state index in [1.807, 2.05) is 18.4 Å². The summed E-state index contributed by atoms with van der Waals surface area (Å²) in [7, 11) is 0. The molecule has 1 aliphatic rings. The van der Waals surface area contributed by atoms with Crippen molar-refractivity contribution in [3.63, 3.8) is 0 Å². The number of carbonyl (C=O) groups excluding carboxylic acids is 3. The maximum Gasteiger partial charge on any atom is 0.261 e. The van der Waals surface area contributed by atoms with E-state index in [9.17, 15) is 14.4 Å². The van der Waals surface area contributed by atoms with Crippen LogP contribution in [-0.4, -0.2) is 46.7 Å². The minimum Gasteiger partial charge on any atom is -0.351 e. The van der Waals surface area contributed by atoms with Crippen LogP contribution in [0.25, 0.3) is 0 Å². The molecule has 0 aromatic carbocycles. The Hall–Kier alpha value is -2.74. The number of hydrogen-bond acceptors (Lipinski definition) is 5. The van der Waals surface area contributed by atoms with Crippen LogP contribution in [-0.2, 0) is 9.59 Å². The molecule has 8 heteroatoms. The lowest BCUT2D eigenvalue weighted by Gasteiger charge is -2.33. The second-order valence-corrected chi connectivity index (χ2v) is 9.08. The summed E-state index contributed by atoms with van der Waals surface area (Å²) in [5.74, 6) is -0.747. The maximum atomic E-state index is 13.4. The molecule has 2 aromatic rings. The third kappa shape index (κ3) is 6.63. The zero-order valence-corrected chi connectivity index (χ0v) is 19.4. The number of rotatable bonds is 10. The normalized spacial score (nSPS) is 15.0. The van der Waals surface area contributed by atoms with Gasteiger partial charge in [-0.2, -0.15) is 0 Å². The number of unbranched alkanes of at least 4 members (excludes halogenated alkanes) is 1. The quantitative estimate of drug-likeness (QED) is 0.570. The van der Waals surface area contributed by atoms with Crippen molar-refractivity contribution in [3.8, 4) is 0 Å². The van der Waals surface area contributed by atoms with E-state index in [1.165, 1.54) is 17.8 Å². The average Bonchev–Trinajstić information content (AvgIpc) is 3.36. The van der Waals surface area contributed by atoms with Crippen LogP contribution >= 0.6 is 11.3 Å². The van der Waals surface area contributed by atoms with Crippen LogP contribution in [0.5, 0.6) is 0 Å². The number of nitrogens with one attached hydrogen (secondary N) is 2. The van der Waals surface area contributed by atoms with Gasteiger partial charge in [-0.1, -0.05) is 44.7 Å². The van der Waals surface area contributed by atoms with Crippen LogP contribution in [0.3, 0.4) is 0 Å². The van der Waals surface area contributed by atoms with Gasteiger partial charge in [-0.3, -0.25) is 19.4 Å². The molecular weight excluding hydrogens is 424 g/mol. The number of pyridine rings is 1. The molecule has 0 aliphatic heterocycles. The number of hydrogen-bond donors (Lipinski definition) is 2. The van der Waals surface area contributed by atoms with Gasteiger partial charge in [-0.25, -0.2) is 0 Å². The van der Waals surface area contributed by atoms with Gasteiger partial charge in [0.2, 0.25) is 11.8 Å². The van der Waals surface area contributed by atoms with E-state index >= 15 is 0 Å². The SMILES string of the molecule is CCCCN(C(=O)CNC(=O)c1cccs1)[C@@H](C(=O)NC1CCCCC1)c1cccnc1. The first-order chi connectivity index (χ1) is 15.6. The minimum absolute atomic E-state index is 0.136. The van der Waals surface area contributed by atoms with Crippen LogP contribution in [0, 0.1) is 0 Å². The van der Waals surface area contributed by atoms with Crippen molar-refractivity contribution in [1.82, 2.24) is 20.5 Å². The molecule has 2 aromatic heterocycles. The van der Waals surface area contributed by atoms with Crippen LogP contribution in [0.15, 0.2) is 42.0 Å². The highest BCUT2D eigenvalue weighted by Crippen LogP contribution is 2.24. The summed E-state index contributed by atoms with van der Waals surface area (Å²) in [6.07, 6.45) is 10.3. The van der Waals surface area contributed by atoms with E-state index in [1.54, 1.807) is 35.5 Å². The molecule has 3 amide bonds. The molecule has 0 bridgehead atoms. The standard InChI is InChI=1S/C24H32N4O3S/c1-2-3-14-28(21(29)17-26-23(30)20-12-8-15-32-20)22(18-9-7-13-25-16-18)24(31)27-19-10-5-4-6-11-19/h7-9,12-13,15-16,19,22H,2-6,10-11,14,17H2,1H3,(H,26,30)(H,27,31)/t22-/m1/s1. The van der Waals surface area contributed by atoms with Crippen molar-refractivity contribution >= 4 is 29.1 Å². The van der Waals surface area contributed by atoms with Gasteiger partial charge in [-0.15, -0.1) is 11.3 Å². The van der Waals surface area contributed by atoms with E-state index in [-0.39, 0.29) is 30.3 Å². The zero-order valence-electron chi connectivity index (χ0n) is 18.6. The molecule has 1 aliphatic carbocycles. The Labute approximate surface area is 193 Å². The van der Waals surface area contributed by atoms with Gasteiger partial charge in [0.15, 0.2) is 0 Å². The van der Waals surface area contributed by atoms with Gasteiger partial charge in [0.25, 0.3) is 5.91 Å². The van der Waals surface area contributed by atoms with Gasteiger partial charge in [0.05, 0.1) is 11.4 Å². The largest absolute Gasteiger partial charge is 0.351 e. The number of carbonyl (C=O) groups is 3. The molecule has 0 spiro atoms. The highest BCUT2D eigenvalue weighted by molar-refractivity contribution is 7.12. The lowest BCUT2D eigenvalue weighted by atomic mass is 9.95. The third-order valence-electron chi connectivity index (χ3n) is 5.73. The van der Waals surface area contributed by atoms with Gasteiger partial charge < -0.3 is 15.5 Å². The molecule has 0 unspecified atom stereocenters. The number of thiophene rings is 1. The summed E-state index contributed by atoms with van der Waals surface area (Å²) < 4.78 is 0. The van der Waals surface area contributed by atoms with Crippen LogP contribution in [0.2, 0.25) is 0 Å². The molecule has 7 nitrogen and oxygen atoms in total. The first-order valence-electron chi connectivity index (χ1n) is 11.4. The average molecular weight is 457 g/mol. The first-order valence-corrected chi connectivity index (χ1v) is 12.3. The lowest BCUT2D eigenvalue weighted by molar-refractivity contribution is -0.140. The minimum atomic E-state index is -0.775. The highest BCUT2D eigenvalue weighted by atomic mass is 32.1. The predicted molar refractivity (Wildman–Crippen MR) is 125 cm³/mol. The smallest absolute Gasteiger partial charge is 0.261 e. The second kappa shape index (κ2) is 12.3. The Bertz CT molecular complexity index is 867. The molecule has 0 radical (unpaired) electrons. The predicted octanol–water partition coefficient (Wildman–Crippen LogP) is 3.69. The Balaban J connectivity index is 1.78. The summed E-state index contributed by atoms with van der Waals surface area (Å²) in [5.41, 5.74) is 0.676. The Morgan fingerprint density at radius 2 is 2.00 bits per heavy atom. The van der Waals surface area contributed by atoms with Crippen molar-refractivity contribution in [2.24, 2.45) is 0 Å². The Morgan fingerprint density at radius 3 is 2.66 bits per heavy atom. The van der Waals surface area contributed by atoms with Crippen LogP contribution in [0.1, 0.15) is 73.1 Å². The first kappa shape index (κ1) is 23.9. The van der Waals surface area contributed by atoms with Gasteiger partial charge in [0, 0.05) is 30.5 Å². The van der Waals surface area contributed by atoms with Gasteiger partial charge >= 0.3 is 0 Å². The maximum absolute atomic E-state index is 13.4. The fourth-order valence-corrected chi connectivity index (χ4v) is 4.66. The van der Waals surface area contributed by atoms with E-state index in [0.29, 0.717) is 17.0 Å². The lowest BCUT2D eigenvalue weighted by Crippen LogP contribution is -2.49. The number of aromatic nitrogens is 1. The molecule has 1 atom stereocenters. The Morgan fingerprint density at radius 1 is 1.19 bits per heavy atom. The van der Waals surface area contributed by atoms with Crippen LogP contribution in [0.4, 0.5) is 0 Å². The summed E-state index contributed by atoms with van der Waals surface area (Å²) in [6, 6.07) is 6.48. The monoisotopic (exact) mass is 456 g/mol. The molecule has 2 N–H and O–H groups in total. The van der Waals surface area contributed by atoms with E-state index in [4.69, 9.17) is 0 Å². The number of amides is 3. The molecule has 2 heterocycles. The molecule has 3 rings (SSSR count). The van der Waals surface area contributed by atoms with Gasteiger partial charge in [-0.05, 0) is 36.8 Å². The summed E-state index contributed by atoms with van der Waals surface area (Å²) >= 11 is 1.32. The molecule has 0 saturated heterocycles. The third-order valence-corrected chi connectivity index (χ3v) is 6.60. The van der Waals surface area contributed by atoms with Crippen molar-refractivity contribution in [1.29, 1.82) is 0 Å². The highest BCUT2D eigenvalue weighted by Gasteiger charge is 2.32. The Kier molecular flexibility index (Phi) is 9.22. The molecule has 1 fully saturated rings. The van der Waals surface area contributed by atoms with E-state index < -0.39 is 6.04 Å². The molecule has 172 valence electrons. The zero-order chi connectivity index (χ0) is 22.8. The fraction of sp³-hybridized carbons (Fsp3) is 0.500. The summed E-state index contributed by atoms with van der Waals surface area (Å²) in [5, 5.41) is 7.69. The topological polar surface area (TPSA) is 91.4 Å². The van der Waals surface area contributed by atoms with E-state index in [0.717, 1.165) is 38.5 Å². The molecular formula is C24H32N4O3S. The van der Waals surface area contributed by atoms with Crippen molar-refractivity contribution in [2.75, 3.05) is 13.1 Å². The molecule has 1 saturated carbocycles. The molecule has 32 heavy (non-hydrogen) atoms. The van der Waals surface area contributed by atoms with Crippen molar-refractivity contribution in [2.45, 2.75) is 64.0 Å². The van der Waals surface area contributed by atoms with E-state index in [2.05, 4.69) is 15.6 Å². The van der Waals surface area contributed by atoms with Gasteiger partial charge in [0.1, 0.15) is 6.04 Å². The fourth-order valence-electron chi connectivity index (χ4n) is 4.02. The van der Waals surface area contributed by atoms with Crippen LogP contribution < -0.4 is 10.6 Å². The second-order valence-electron chi connectivity index (χ2n) is 8.13.